The third kappa shape index (κ3) is 2.92. The van der Waals surface area contributed by atoms with E-state index in [9.17, 15) is 4.39 Å². The molecule has 0 unspecified atom stereocenters. The van der Waals surface area contributed by atoms with Crippen molar-refractivity contribution in [3.05, 3.63) is 53.5 Å². The van der Waals surface area contributed by atoms with E-state index in [0.717, 1.165) is 48.7 Å². The quantitative estimate of drug-likeness (QED) is 0.579. The van der Waals surface area contributed by atoms with Crippen LogP contribution < -0.4 is 5.32 Å². The molecule has 0 bridgehead atoms. The lowest BCUT2D eigenvalue weighted by atomic mass is 9.97. The van der Waals surface area contributed by atoms with Crippen molar-refractivity contribution in [2.24, 2.45) is 0 Å². The van der Waals surface area contributed by atoms with Crippen LogP contribution in [0.25, 0.3) is 27.8 Å². The molecule has 0 radical (unpaired) electrons. The molecule has 0 atom stereocenters. The molecule has 3 aromatic heterocycles. The van der Waals surface area contributed by atoms with Gasteiger partial charge >= 0.3 is 0 Å². The highest BCUT2D eigenvalue weighted by Crippen LogP contribution is 2.28. The fourth-order valence-electron chi connectivity index (χ4n) is 3.93. The molecule has 1 fully saturated rings. The van der Waals surface area contributed by atoms with E-state index in [1.54, 1.807) is 10.7 Å². The van der Waals surface area contributed by atoms with Gasteiger partial charge in [-0.1, -0.05) is 0 Å². The highest BCUT2D eigenvalue weighted by atomic mass is 19.1. The lowest BCUT2D eigenvalue weighted by Gasteiger charge is -2.21. The number of piperidine rings is 1. The van der Waals surface area contributed by atoms with Crippen LogP contribution in [0, 0.1) is 19.7 Å². The van der Waals surface area contributed by atoms with Gasteiger partial charge in [0.2, 0.25) is 0 Å². The average molecular weight is 376 g/mol. The summed E-state index contributed by atoms with van der Waals surface area (Å²) in [5, 5.41) is 8.63. The number of imidazole rings is 1. The second kappa shape index (κ2) is 6.60. The molecule has 0 saturated carbocycles. The molecular weight excluding hydrogens is 355 g/mol. The Morgan fingerprint density at radius 1 is 1.11 bits per heavy atom. The Morgan fingerprint density at radius 2 is 1.93 bits per heavy atom. The van der Waals surface area contributed by atoms with Crippen molar-refractivity contribution in [2.75, 3.05) is 13.1 Å². The predicted octanol–water partition coefficient (Wildman–Crippen LogP) is 3.56. The van der Waals surface area contributed by atoms with Crippen LogP contribution in [0.5, 0.6) is 0 Å². The van der Waals surface area contributed by atoms with E-state index in [4.69, 9.17) is 0 Å². The van der Waals surface area contributed by atoms with Crippen molar-refractivity contribution in [1.82, 2.24) is 29.9 Å². The molecule has 4 aromatic rings. The number of benzene rings is 1. The molecule has 7 heteroatoms. The van der Waals surface area contributed by atoms with Gasteiger partial charge in [0.05, 0.1) is 17.6 Å². The first-order valence-corrected chi connectivity index (χ1v) is 9.59. The fourth-order valence-corrected chi connectivity index (χ4v) is 3.93. The molecule has 6 nitrogen and oxygen atoms in total. The van der Waals surface area contributed by atoms with Crippen LogP contribution in [0.3, 0.4) is 0 Å². The lowest BCUT2D eigenvalue weighted by Crippen LogP contribution is -2.27. The van der Waals surface area contributed by atoms with E-state index < -0.39 is 0 Å². The van der Waals surface area contributed by atoms with Gasteiger partial charge in [0.15, 0.2) is 5.65 Å². The summed E-state index contributed by atoms with van der Waals surface area (Å²) < 4.78 is 16.7. The van der Waals surface area contributed by atoms with Gasteiger partial charge in [-0.25, -0.2) is 23.9 Å². The van der Waals surface area contributed by atoms with Crippen molar-refractivity contribution in [3.63, 3.8) is 0 Å². The first kappa shape index (κ1) is 17.2. The molecule has 0 spiro atoms. The normalized spacial score (nSPS) is 15.5. The van der Waals surface area contributed by atoms with Crippen molar-refractivity contribution in [1.29, 1.82) is 0 Å². The molecule has 0 aliphatic carbocycles. The number of nitrogens with one attached hydrogen (secondary N) is 1. The van der Waals surface area contributed by atoms with E-state index in [2.05, 4.69) is 25.4 Å². The Bertz CT molecular complexity index is 1190. The van der Waals surface area contributed by atoms with Crippen LogP contribution in [0.2, 0.25) is 0 Å². The first-order valence-electron chi connectivity index (χ1n) is 9.59. The van der Waals surface area contributed by atoms with Gasteiger partial charge < -0.3 is 5.32 Å². The number of hydrogen-bond acceptors (Lipinski definition) is 5. The SMILES string of the molecule is Cc1cn2nc(-c3cc(F)c4nc(C5CCNCC5)ncc4c3)cc(C)c2n1. The van der Waals surface area contributed by atoms with Gasteiger partial charge in [0.25, 0.3) is 0 Å². The van der Waals surface area contributed by atoms with Crippen LogP contribution in [0.15, 0.2) is 30.6 Å². The fraction of sp³-hybridized carbons (Fsp3) is 0.333. The van der Waals surface area contributed by atoms with Crippen LogP contribution in [0.4, 0.5) is 4.39 Å². The smallest absolute Gasteiger partial charge is 0.156 e. The summed E-state index contributed by atoms with van der Waals surface area (Å²) in [7, 11) is 0. The first-order chi connectivity index (χ1) is 13.6. The number of rotatable bonds is 2. The maximum Gasteiger partial charge on any atom is 0.156 e. The van der Waals surface area contributed by atoms with Crippen LogP contribution in [-0.4, -0.2) is 37.7 Å². The van der Waals surface area contributed by atoms with Gasteiger partial charge in [-0.2, -0.15) is 5.10 Å². The zero-order chi connectivity index (χ0) is 19.3. The van der Waals surface area contributed by atoms with Gasteiger partial charge in [0.1, 0.15) is 17.2 Å². The second-order valence-corrected chi connectivity index (χ2v) is 7.51. The lowest BCUT2D eigenvalue weighted by molar-refractivity contribution is 0.445. The van der Waals surface area contributed by atoms with Crippen LogP contribution >= 0.6 is 0 Å². The molecule has 28 heavy (non-hydrogen) atoms. The number of halogens is 1. The minimum absolute atomic E-state index is 0.293. The highest BCUT2D eigenvalue weighted by Gasteiger charge is 2.19. The minimum atomic E-state index is -0.341. The van der Waals surface area contributed by atoms with E-state index in [-0.39, 0.29) is 5.82 Å². The van der Waals surface area contributed by atoms with Crippen LogP contribution in [-0.2, 0) is 0 Å². The average Bonchev–Trinajstić information content (AvgIpc) is 3.09. The van der Waals surface area contributed by atoms with Crippen LogP contribution in [0.1, 0.15) is 35.8 Å². The maximum atomic E-state index is 14.9. The molecule has 1 saturated heterocycles. The molecular formula is C21H21FN6. The number of aryl methyl sites for hydroxylation is 2. The number of aromatic nitrogens is 5. The van der Waals surface area contributed by atoms with E-state index in [0.29, 0.717) is 28.1 Å². The molecule has 1 N–H and O–H groups in total. The van der Waals surface area contributed by atoms with Gasteiger partial charge in [0, 0.05) is 23.1 Å². The minimum Gasteiger partial charge on any atom is -0.317 e. The van der Waals surface area contributed by atoms with E-state index in [1.807, 2.05) is 32.2 Å². The second-order valence-electron chi connectivity index (χ2n) is 7.51. The Balaban J connectivity index is 1.59. The standard InChI is InChI=1S/C21H21FN6/c1-12-7-18(27-28-11-13(2)25-21(12)28)15-8-16-10-24-20(14-3-5-23-6-4-14)26-19(16)17(22)9-15/h7-11,14,23H,3-6H2,1-2H3. The summed E-state index contributed by atoms with van der Waals surface area (Å²) in [5.41, 5.74) is 4.50. The molecule has 1 aliphatic heterocycles. The summed E-state index contributed by atoms with van der Waals surface area (Å²) in [5.74, 6) is 0.692. The zero-order valence-electron chi connectivity index (χ0n) is 15.9. The van der Waals surface area contributed by atoms with E-state index in [1.165, 1.54) is 6.07 Å². The van der Waals surface area contributed by atoms with Crippen molar-refractivity contribution in [3.8, 4) is 11.3 Å². The summed E-state index contributed by atoms with van der Waals surface area (Å²) in [4.78, 5) is 13.6. The summed E-state index contributed by atoms with van der Waals surface area (Å²) in [6.45, 7) is 5.82. The topological polar surface area (TPSA) is 68.0 Å². The van der Waals surface area contributed by atoms with Gasteiger partial charge in [-0.3, -0.25) is 0 Å². The monoisotopic (exact) mass is 376 g/mol. The van der Waals surface area contributed by atoms with Crippen molar-refractivity contribution < 1.29 is 4.39 Å². The summed E-state index contributed by atoms with van der Waals surface area (Å²) >= 11 is 0. The van der Waals surface area contributed by atoms with E-state index >= 15 is 0 Å². The third-order valence-electron chi connectivity index (χ3n) is 5.38. The molecule has 0 amide bonds. The third-order valence-corrected chi connectivity index (χ3v) is 5.38. The number of hydrogen-bond donors (Lipinski definition) is 1. The largest absolute Gasteiger partial charge is 0.317 e. The summed E-state index contributed by atoms with van der Waals surface area (Å²) in [6, 6.07) is 5.35. The highest BCUT2D eigenvalue weighted by molar-refractivity contribution is 5.84. The molecule has 5 rings (SSSR count). The molecule has 1 aromatic carbocycles. The number of fused-ring (bicyclic) bond motifs is 2. The molecule has 4 heterocycles. The maximum absolute atomic E-state index is 14.9. The van der Waals surface area contributed by atoms with Crippen molar-refractivity contribution in [2.45, 2.75) is 32.6 Å². The predicted molar refractivity (Wildman–Crippen MR) is 106 cm³/mol. The molecule has 1 aliphatic rings. The Kier molecular flexibility index (Phi) is 4.05. The Labute approximate surface area is 161 Å². The molecule has 142 valence electrons. The summed E-state index contributed by atoms with van der Waals surface area (Å²) in [6.07, 6.45) is 5.58. The Morgan fingerprint density at radius 3 is 2.75 bits per heavy atom. The van der Waals surface area contributed by atoms with Crippen molar-refractivity contribution >= 4 is 16.6 Å². The Hall–Kier alpha value is -2.93. The van der Waals surface area contributed by atoms with Gasteiger partial charge in [-0.05, 0) is 63.5 Å². The number of nitrogens with zero attached hydrogens (tertiary/aromatic N) is 5. The van der Waals surface area contributed by atoms with Gasteiger partial charge in [-0.15, -0.1) is 0 Å². The zero-order valence-corrected chi connectivity index (χ0v) is 15.9.